The Morgan fingerprint density at radius 2 is 2.05 bits per heavy atom. The Kier molecular flexibility index (Phi) is 4.13. The number of hydrogen-bond donors (Lipinski definition) is 0. The van der Waals surface area contributed by atoms with Crippen LogP contribution in [0.15, 0.2) is 18.2 Å². The van der Waals surface area contributed by atoms with Crippen LogP contribution in [-0.4, -0.2) is 11.8 Å². The van der Waals surface area contributed by atoms with E-state index in [1.165, 1.54) is 13.0 Å². The average Bonchev–Trinajstić information content (AvgIpc) is 2.35. The second-order valence-electron chi connectivity index (χ2n) is 4.70. The van der Waals surface area contributed by atoms with Gasteiger partial charge in [-0.2, -0.15) is 13.2 Å². The van der Waals surface area contributed by atoms with Gasteiger partial charge in [0.25, 0.3) is 0 Å². The number of rotatable bonds is 2. The van der Waals surface area contributed by atoms with E-state index in [1.807, 2.05) is 6.92 Å². The summed E-state index contributed by atoms with van der Waals surface area (Å²) in [7, 11) is 0. The van der Waals surface area contributed by atoms with Crippen molar-refractivity contribution in [3.05, 3.63) is 34.4 Å². The first-order valence-electron chi connectivity index (χ1n) is 6.12. The summed E-state index contributed by atoms with van der Waals surface area (Å²) in [5.41, 5.74) is -1.01. The van der Waals surface area contributed by atoms with Crippen molar-refractivity contribution in [3.8, 4) is 5.75 Å². The maximum Gasteiger partial charge on any atom is 0.432 e. The Hall–Kier alpha value is -0.680. The molecule has 2 atom stereocenters. The molecule has 0 aromatic heterocycles. The third kappa shape index (κ3) is 2.58. The molecular weight excluding hydrogens is 357 g/mol. The van der Waals surface area contributed by atoms with E-state index in [0.717, 1.165) is 6.08 Å². The molecule has 1 aromatic carbocycles. The van der Waals surface area contributed by atoms with Crippen molar-refractivity contribution in [1.29, 1.82) is 0 Å². The highest BCUT2D eigenvalue weighted by Gasteiger charge is 2.55. The summed E-state index contributed by atoms with van der Waals surface area (Å²) >= 11 is 9.48. The Morgan fingerprint density at radius 3 is 2.55 bits per heavy atom. The number of halogens is 5. The molecule has 0 fully saturated rings. The summed E-state index contributed by atoms with van der Waals surface area (Å²) in [5, 5.41) is 0.498. The fourth-order valence-electron chi connectivity index (χ4n) is 2.11. The number of hydrogen-bond acceptors (Lipinski definition) is 1. The minimum absolute atomic E-state index is 0.0725. The van der Waals surface area contributed by atoms with E-state index in [1.54, 1.807) is 12.1 Å². The third-order valence-electron chi connectivity index (χ3n) is 3.39. The number of alkyl halides is 4. The van der Waals surface area contributed by atoms with Gasteiger partial charge in [0.15, 0.2) is 0 Å². The minimum atomic E-state index is -4.46. The first-order valence-corrected chi connectivity index (χ1v) is 7.42. The highest BCUT2D eigenvalue weighted by molar-refractivity contribution is 9.09. The predicted molar refractivity (Wildman–Crippen MR) is 77.5 cm³/mol. The van der Waals surface area contributed by atoms with Crippen LogP contribution in [0.3, 0.4) is 0 Å². The fraction of sp³-hybridized carbons (Fsp3) is 0.429. The molecule has 110 valence electrons. The molecule has 6 heteroatoms. The van der Waals surface area contributed by atoms with E-state index >= 15 is 0 Å². The topological polar surface area (TPSA) is 9.23 Å². The van der Waals surface area contributed by atoms with Crippen LogP contribution in [0.4, 0.5) is 13.2 Å². The van der Waals surface area contributed by atoms with Crippen molar-refractivity contribution in [2.75, 3.05) is 0 Å². The standard InChI is InChI=1S/C14H13BrClF3O/c1-3-13(14(17,18)19)5-4-9-6-11(16)10(8(2)15)7-12(9)20-13/h4-8H,3H2,1-2H3. The molecule has 1 heterocycles. The Morgan fingerprint density at radius 1 is 1.40 bits per heavy atom. The molecule has 1 aliphatic rings. The summed E-state index contributed by atoms with van der Waals surface area (Å²) in [6.45, 7) is 3.30. The zero-order chi connectivity index (χ0) is 15.1. The number of ether oxygens (including phenoxy) is 1. The zero-order valence-corrected chi connectivity index (χ0v) is 13.2. The SMILES string of the molecule is CCC1(C(F)(F)F)C=Cc2cc(Cl)c(C(C)Br)cc2O1. The molecular formula is C14H13BrClF3O. The minimum Gasteiger partial charge on any atom is -0.473 e. The van der Waals surface area contributed by atoms with E-state index < -0.39 is 11.8 Å². The van der Waals surface area contributed by atoms with Gasteiger partial charge in [-0.1, -0.05) is 40.5 Å². The molecule has 0 N–H and O–H groups in total. The molecule has 0 spiro atoms. The van der Waals surface area contributed by atoms with Crippen molar-refractivity contribution in [2.45, 2.75) is 36.9 Å². The lowest BCUT2D eigenvalue weighted by molar-refractivity contribution is -0.230. The van der Waals surface area contributed by atoms with E-state index in [9.17, 15) is 13.2 Å². The van der Waals surface area contributed by atoms with Gasteiger partial charge in [0.05, 0.1) is 0 Å². The molecule has 20 heavy (non-hydrogen) atoms. The van der Waals surface area contributed by atoms with Crippen molar-refractivity contribution in [3.63, 3.8) is 0 Å². The predicted octanol–water partition coefficient (Wildman–Crippen LogP) is 5.91. The zero-order valence-electron chi connectivity index (χ0n) is 10.9. The Balaban J connectivity index is 2.51. The lowest BCUT2D eigenvalue weighted by Gasteiger charge is -2.36. The van der Waals surface area contributed by atoms with Gasteiger partial charge in [-0.3, -0.25) is 0 Å². The first kappa shape index (κ1) is 15.7. The molecule has 0 saturated heterocycles. The van der Waals surface area contributed by atoms with Gasteiger partial charge >= 0.3 is 6.18 Å². The molecule has 1 aromatic rings. The maximum atomic E-state index is 13.2. The molecule has 0 radical (unpaired) electrons. The normalized spacial score (nSPS) is 23.1. The second kappa shape index (κ2) is 5.26. The van der Waals surface area contributed by atoms with Crippen LogP contribution in [0.2, 0.25) is 5.02 Å². The summed E-state index contributed by atoms with van der Waals surface area (Å²) < 4.78 is 44.9. The lowest BCUT2D eigenvalue weighted by atomic mass is 9.94. The van der Waals surface area contributed by atoms with Crippen molar-refractivity contribution in [1.82, 2.24) is 0 Å². The fourth-order valence-corrected chi connectivity index (χ4v) is 2.95. The largest absolute Gasteiger partial charge is 0.473 e. The highest BCUT2D eigenvalue weighted by Crippen LogP contribution is 2.45. The van der Waals surface area contributed by atoms with Gasteiger partial charge in [-0.05, 0) is 37.1 Å². The van der Waals surface area contributed by atoms with Gasteiger partial charge in [-0.25, -0.2) is 0 Å². The summed E-state index contributed by atoms with van der Waals surface area (Å²) in [4.78, 5) is -0.0725. The monoisotopic (exact) mass is 368 g/mol. The molecule has 0 saturated carbocycles. The highest BCUT2D eigenvalue weighted by atomic mass is 79.9. The molecule has 0 aliphatic carbocycles. The quantitative estimate of drug-likeness (QED) is 0.589. The van der Waals surface area contributed by atoms with Crippen LogP contribution < -0.4 is 4.74 Å². The van der Waals surface area contributed by atoms with E-state index in [0.29, 0.717) is 16.1 Å². The summed E-state index contributed by atoms with van der Waals surface area (Å²) in [6, 6.07) is 3.19. The third-order valence-corrected chi connectivity index (χ3v) is 4.21. The van der Waals surface area contributed by atoms with Gasteiger partial charge in [-0.15, -0.1) is 0 Å². The van der Waals surface area contributed by atoms with Crippen molar-refractivity contribution < 1.29 is 17.9 Å². The molecule has 1 aliphatic heterocycles. The summed E-state index contributed by atoms with van der Waals surface area (Å²) in [5.74, 6) is 0.206. The van der Waals surface area contributed by atoms with Crippen LogP contribution >= 0.6 is 27.5 Å². The van der Waals surface area contributed by atoms with Gasteiger partial charge < -0.3 is 4.74 Å². The number of benzene rings is 1. The van der Waals surface area contributed by atoms with E-state index in [-0.39, 0.29) is 17.0 Å². The maximum absolute atomic E-state index is 13.2. The summed E-state index contributed by atoms with van der Waals surface area (Å²) in [6.07, 6.45) is -2.17. The Labute approximate surface area is 128 Å². The van der Waals surface area contributed by atoms with E-state index in [4.69, 9.17) is 16.3 Å². The molecule has 2 unspecified atom stereocenters. The molecule has 0 amide bonds. The Bertz CT molecular complexity index is 554. The van der Waals surface area contributed by atoms with Crippen LogP contribution in [0.25, 0.3) is 6.08 Å². The van der Waals surface area contributed by atoms with Crippen LogP contribution in [0, 0.1) is 0 Å². The lowest BCUT2D eigenvalue weighted by Crippen LogP contribution is -2.49. The van der Waals surface area contributed by atoms with E-state index in [2.05, 4.69) is 15.9 Å². The second-order valence-corrected chi connectivity index (χ2v) is 6.48. The van der Waals surface area contributed by atoms with Gasteiger partial charge in [0, 0.05) is 15.4 Å². The van der Waals surface area contributed by atoms with Gasteiger partial charge in [0.1, 0.15) is 5.75 Å². The molecule has 1 nitrogen and oxygen atoms in total. The number of fused-ring (bicyclic) bond motifs is 1. The van der Waals surface area contributed by atoms with Crippen LogP contribution in [-0.2, 0) is 0 Å². The van der Waals surface area contributed by atoms with Gasteiger partial charge in [0.2, 0.25) is 5.60 Å². The molecule has 0 bridgehead atoms. The molecule has 2 rings (SSSR count). The average molecular weight is 370 g/mol. The van der Waals surface area contributed by atoms with Crippen molar-refractivity contribution >= 4 is 33.6 Å². The van der Waals surface area contributed by atoms with Crippen molar-refractivity contribution in [2.24, 2.45) is 0 Å². The first-order chi connectivity index (χ1) is 9.20. The van der Waals surface area contributed by atoms with Crippen LogP contribution in [0.1, 0.15) is 36.2 Å². The van der Waals surface area contributed by atoms with Crippen LogP contribution in [0.5, 0.6) is 5.75 Å². The smallest absolute Gasteiger partial charge is 0.432 e.